The number of anilines is 1. The SMILES string of the molecule is CCCCNC(=O)[C@H](Cc1ccccc1)N(Cc1c(Cl)cccc1Cl)C(=O)CN(c1ccc2c(c1)OCO2)S(C)(=O)=O. The van der Waals surface area contributed by atoms with Crippen LogP contribution in [0.25, 0.3) is 0 Å². The molecule has 4 rings (SSSR count). The minimum Gasteiger partial charge on any atom is -0.454 e. The molecule has 42 heavy (non-hydrogen) atoms. The van der Waals surface area contributed by atoms with Crippen LogP contribution in [-0.2, 0) is 32.6 Å². The van der Waals surface area contributed by atoms with E-state index in [9.17, 15) is 18.0 Å². The standard InChI is InChI=1S/C30H33Cl2N3O6S/c1-3-4-15-33-30(37)26(16-21-9-6-5-7-10-21)34(18-23-24(31)11-8-12-25(23)32)29(36)19-35(42(2,38)39)22-13-14-27-28(17-22)41-20-40-27/h5-14,17,26H,3-4,15-16,18-20H2,1-2H3,(H,33,37)/t26-/m0/s1. The molecule has 1 aliphatic heterocycles. The highest BCUT2D eigenvalue weighted by Gasteiger charge is 2.34. The van der Waals surface area contributed by atoms with Crippen molar-refractivity contribution in [3.63, 3.8) is 0 Å². The maximum Gasteiger partial charge on any atom is 0.244 e. The number of rotatable bonds is 13. The molecular formula is C30H33Cl2N3O6S. The Bertz CT molecular complexity index is 1500. The smallest absolute Gasteiger partial charge is 0.244 e. The monoisotopic (exact) mass is 633 g/mol. The second-order valence-corrected chi connectivity index (χ2v) is 12.6. The fourth-order valence-corrected chi connectivity index (χ4v) is 5.93. The normalized spacial score (nSPS) is 13.0. The summed E-state index contributed by atoms with van der Waals surface area (Å²) in [6, 6.07) is 17.9. The van der Waals surface area contributed by atoms with Gasteiger partial charge in [-0.3, -0.25) is 13.9 Å². The van der Waals surface area contributed by atoms with E-state index in [0.717, 1.165) is 29.0 Å². The van der Waals surface area contributed by atoms with Crippen molar-refractivity contribution in [2.45, 2.75) is 38.8 Å². The summed E-state index contributed by atoms with van der Waals surface area (Å²) >= 11 is 13.0. The van der Waals surface area contributed by atoms with Gasteiger partial charge in [0.05, 0.1) is 11.9 Å². The van der Waals surface area contributed by atoms with Gasteiger partial charge in [-0.05, 0) is 36.2 Å². The average molecular weight is 635 g/mol. The Balaban J connectivity index is 1.74. The number of carbonyl (C=O) groups is 2. The number of unbranched alkanes of at least 4 members (excludes halogenated alkanes) is 1. The first-order valence-electron chi connectivity index (χ1n) is 13.5. The Morgan fingerprint density at radius 1 is 0.976 bits per heavy atom. The van der Waals surface area contributed by atoms with Crippen molar-refractivity contribution in [3.8, 4) is 11.5 Å². The summed E-state index contributed by atoms with van der Waals surface area (Å²) in [6.07, 6.45) is 2.84. The molecule has 0 saturated carbocycles. The van der Waals surface area contributed by atoms with Crippen LogP contribution in [0.2, 0.25) is 10.0 Å². The number of hydrogen-bond donors (Lipinski definition) is 1. The maximum absolute atomic E-state index is 14.2. The summed E-state index contributed by atoms with van der Waals surface area (Å²) in [5, 5.41) is 3.58. The first kappa shape index (κ1) is 31.5. The minimum atomic E-state index is -3.94. The molecule has 0 spiro atoms. The van der Waals surface area contributed by atoms with Crippen molar-refractivity contribution in [1.29, 1.82) is 0 Å². The molecule has 3 aromatic rings. The second kappa shape index (κ2) is 14.1. The highest BCUT2D eigenvalue weighted by molar-refractivity contribution is 7.92. The van der Waals surface area contributed by atoms with Crippen LogP contribution in [0.5, 0.6) is 11.5 Å². The highest BCUT2D eigenvalue weighted by atomic mass is 35.5. The fourth-order valence-electron chi connectivity index (χ4n) is 4.57. The van der Waals surface area contributed by atoms with E-state index in [1.54, 1.807) is 24.3 Å². The molecule has 0 aromatic heterocycles. The molecule has 0 saturated heterocycles. The van der Waals surface area contributed by atoms with Gasteiger partial charge in [-0.2, -0.15) is 0 Å². The van der Waals surface area contributed by atoms with Gasteiger partial charge in [0.25, 0.3) is 0 Å². The molecule has 1 N–H and O–H groups in total. The van der Waals surface area contributed by atoms with E-state index in [4.69, 9.17) is 32.7 Å². The Labute approximate surface area is 256 Å². The fraction of sp³-hybridized carbons (Fsp3) is 0.333. The van der Waals surface area contributed by atoms with Crippen LogP contribution in [0.15, 0.2) is 66.7 Å². The Kier molecular flexibility index (Phi) is 10.6. The van der Waals surface area contributed by atoms with Gasteiger partial charge in [0.15, 0.2) is 11.5 Å². The van der Waals surface area contributed by atoms with Crippen LogP contribution in [0, 0.1) is 0 Å². The van der Waals surface area contributed by atoms with Gasteiger partial charge in [-0.15, -0.1) is 0 Å². The third-order valence-electron chi connectivity index (χ3n) is 6.81. The van der Waals surface area contributed by atoms with Gasteiger partial charge < -0.3 is 19.7 Å². The predicted octanol–water partition coefficient (Wildman–Crippen LogP) is 5.04. The average Bonchev–Trinajstić information content (AvgIpc) is 3.43. The number of fused-ring (bicyclic) bond motifs is 1. The van der Waals surface area contributed by atoms with Gasteiger partial charge in [0.2, 0.25) is 28.6 Å². The first-order chi connectivity index (χ1) is 20.1. The van der Waals surface area contributed by atoms with Crippen molar-refractivity contribution in [2.75, 3.05) is 30.4 Å². The van der Waals surface area contributed by atoms with E-state index in [0.29, 0.717) is 33.7 Å². The van der Waals surface area contributed by atoms with Gasteiger partial charge in [0, 0.05) is 41.2 Å². The van der Waals surface area contributed by atoms with Crippen LogP contribution in [0.1, 0.15) is 30.9 Å². The molecule has 0 bridgehead atoms. The highest BCUT2D eigenvalue weighted by Crippen LogP contribution is 2.36. The molecule has 3 aromatic carbocycles. The number of nitrogens with one attached hydrogen (secondary N) is 1. The minimum absolute atomic E-state index is 0.0112. The first-order valence-corrected chi connectivity index (χ1v) is 16.1. The third-order valence-corrected chi connectivity index (χ3v) is 8.66. The molecule has 1 atom stereocenters. The summed E-state index contributed by atoms with van der Waals surface area (Å²) in [4.78, 5) is 29.2. The maximum atomic E-state index is 14.2. The summed E-state index contributed by atoms with van der Waals surface area (Å²) in [7, 11) is -3.94. The van der Waals surface area contributed by atoms with Crippen LogP contribution in [-0.4, -0.2) is 57.3 Å². The molecule has 0 radical (unpaired) electrons. The van der Waals surface area contributed by atoms with Crippen molar-refractivity contribution in [2.24, 2.45) is 0 Å². The molecule has 0 aliphatic carbocycles. The van der Waals surface area contributed by atoms with E-state index in [1.165, 1.54) is 17.0 Å². The number of ether oxygens (including phenoxy) is 2. The lowest BCUT2D eigenvalue weighted by Crippen LogP contribution is -2.53. The molecule has 1 heterocycles. The summed E-state index contributed by atoms with van der Waals surface area (Å²) in [5.41, 5.74) is 1.49. The zero-order valence-corrected chi connectivity index (χ0v) is 25.7. The molecule has 224 valence electrons. The number of halogens is 2. The van der Waals surface area contributed by atoms with Crippen molar-refractivity contribution >= 4 is 50.7 Å². The topological polar surface area (TPSA) is 105 Å². The number of hydrogen-bond acceptors (Lipinski definition) is 6. The Morgan fingerprint density at radius 2 is 1.67 bits per heavy atom. The summed E-state index contributed by atoms with van der Waals surface area (Å²) < 4.78 is 37.7. The molecule has 0 fully saturated rings. The van der Waals surface area contributed by atoms with Crippen LogP contribution >= 0.6 is 23.2 Å². The number of benzene rings is 3. The van der Waals surface area contributed by atoms with Crippen molar-refractivity contribution < 1.29 is 27.5 Å². The molecule has 1 aliphatic rings. The number of sulfonamides is 1. The lowest BCUT2D eigenvalue weighted by Gasteiger charge is -2.34. The van der Waals surface area contributed by atoms with Gasteiger partial charge in [0.1, 0.15) is 12.6 Å². The van der Waals surface area contributed by atoms with Crippen LogP contribution < -0.4 is 19.1 Å². The largest absolute Gasteiger partial charge is 0.454 e. The predicted molar refractivity (Wildman–Crippen MR) is 164 cm³/mol. The zero-order valence-electron chi connectivity index (χ0n) is 23.4. The van der Waals surface area contributed by atoms with Crippen LogP contribution in [0.4, 0.5) is 5.69 Å². The summed E-state index contributed by atoms with van der Waals surface area (Å²) in [6.45, 7) is 1.76. The van der Waals surface area contributed by atoms with Crippen LogP contribution in [0.3, 0.4) is 0 Å². The molecule has 12 heteroatoms. The zero-order chi connectivity index (χ0) is 30.3. The number of nitrogens with zero attached hydrogens (tertiary/aromatic N) is 2. The summed E-state index contributed by atoms with van der Waals surface area (Å²) in [5.74, 6) is -0.135. The quantitative estimate of drug-likeness (QED) is 0.264. The van der Waals surface area contributed by atoms with E-state index in [1.807, 2.05) is 37.3 Å². The molecule has 2 amide bonds. The van der Waals surface area contributed by atoms with Crippen molar-refractivity contribution in [1.82, 2.24) is 10.2 Å². The van der Waals surface area contributed by atoms with E-state index in [2.05, 4.69) is 5.32 Å². The van der Waals surface area contributed by atoms with Crippen molar-refractivity contribution in [3.05, 3.63) is 87.9 Å². The lowest BCUT2D eigenvalue weighted by molar-refractivity contribution is -0.140. The van der Waals surface area contributed by atoms with E-state index >= 15 is 0 Å². The Morgan fingerprint density at radius 3 is 2.33 bits per heavy atom. The molecule has 0 unspecified atom stereocenters. The Hall–Kier alpha value is -3.47. The lowest BCUT2D eigenvalue weighted by atomic mass is 10.0. The van der Waals surface area contributed by atoms with Gasteiger partial charge in [-0.1, -0.05) is 72.9 Å². The third kappa shape index (κ3) is 7.87. The second-order valence-electron chi connectivity index (χ2n) is 9.88. The van der Waals surface area contributed by atoms with Gasteiger partial charge >= 0.3 is 0 Å². The number of carbonyl (C=O) groups excluding carboxylic acids is 2. The number of amides is 2. The van der Waals surface area contributed by atoms with E-state index < -0.39 is 28.5 Å². The molecule has 9 nitrogen and oxygen atoms in total. The van der Waals surface area contributed by atoms with Gasteiger partial charge in [-0.25, -0.2) is 8.42 Å². The molecular weight excluding hydrogens is 601 g/mol. The van der Waals surface area contributed by atoms with E-state index in [-0.39, 0.29) is 31.4 Å².